The lowest BCUT2D eigenvalue weighted by molar-refractivity contribution is -0.124. The van der Waals surface area contributed by atoms with Crippen molar-refractivity contribution >= 4 is 35.3 Å². The summed E-state index contributed by atoms with van der Waals surface area (Å²) in [6.07, 6.45) is 9.90. The summed E-state index contributed by atoms with van der Waals surface area (Å²) in [6.45, 7) is 0. The number of carbonyl (C=O) groups is 4. The van der Waals surface area contributed by atoms with E-state index in [-0.39, 0.29) is 58.9 Å². The number of aromatic nitrogens is 1. The zero-order chi connectivity index (χ0) is 19.4. The lowest BCUT2D eigenvalue weighted by Gasteiger charge is -2.18. The van der Waals surface area contributed by atoms with Gasteiger partial charge in [-0.3, -0.25) is 19.2 Å². The van der Waals surface area contributed by atoms with E-state index in [1.165, 1.54) is 0 Å². The number of anilines is 2. The molecular formula is C21H19N3O4. The first kappa shape index (κ1) is 17.0. The van der Waals surface area contributed by atoms with Crippen LogP contribution in [-0.2, 0) is 19.2 Å². The van der Waals surface area contributed by atoms with Crippen LogP contribution < -0.4 is 9.80 Å². The molecule has 0 bridgehead atoms. The van der Waals surface area contributed by atoms with Crippen LogP contribution in [0.4, 0.5) is 11.6 Å². The Bertz CT molecular complexity index is 841. The van der Waals surface area contributed by atoms with E-state index in [1.54, 1.807) is 18.2 Å². The number of imide groups is 2. The van der Waals surface area contributed by atoms with Gasteiger partial charge in [0.15, 0.2) is 0 Å². The molecule has 0 N–H and O–H groups in total. The van der Waals surface area contributed by atoms with Crippen molar-refractivity contribution in [3.05, 3.63) is 42.5 Å². The number of carbonyl (C=O) groups excluding carboxylic acids is 4. The molecule has 0 radical (unpaired) electrons. The molecular weight excluding hydrogens is 358 g/mol. The second kappa shape index (κ2) is 6.22. The number of pyridine rings is 1. The van der Waals surface area contributed by atoms with E-state index < -0.39 is 0 Å². The van der Waals surface area contributed by atoms with Crippen molar-refractivity contribution in [1.29, 1.82) is 0 Å². The van der Waals surface area contributed by atoms with Crippen molar-refractivity contribution in [3.63, 3.8) is 0 Å². The van der Waals surface area contributed by atoms with E-state index in [4.69, 9.17) is 0 Å². The van der Waals surface area contributed by atoms with E-state index in [0.29, 0.717) is 25.7 Å². The number of hydrogen-bond donors (Lipinski definition) is 0. The largest absolute Gasteiger partial charge is 0.274 e. The van der Waals surface area contributed by atoms with E-state index in [2.05, 4.69) is 4.98 Å². The maximum absolute atomic E-state index is 12.8. The molecule has 5 rings (SSSR count). The third kappa shape index (κ3) is 2.32. The highest BCUT2D eigenvalue weighted by Gasteiger charge is 2.50. The summed E-state index contributed by atoms with van der Waals surface area (Å²) in [5.41, 5.74) is 0. The molecule has 4 amide bonds. The summed E-state index contributed by atoms with van der Waals surface area (Å²) in [5.74, 6) is -2.12. The maximum atomic E-state index is 12.8. The van der Waals surface area contributed by atoms with Gasteiger partial charge in [0.05, 0.1) is 23.7 Å². The molecule has 2 aliphatic carbocycles. The summed E-state index contributed by atoms with van der Waals surface area (Å²) in [7, 11) is 0. The summed E-state index contributed by atoms with van der Waals surface area (Å²) in [5, 5.41) is 0. The Labute approximate surface area is 161 Å². The van der Waals surface area contributed by atoms with Gasteiger partial charge in [0.25, 0.3) is 0 Å². The van der Waals surface area contributed by atoms with Crippen molar-refractivity contribution in [1.82, 2.24) is 4.98 Å². The molecule has 1 aromatic heterocycles. The molecule has 7 heteroatoms. The molecule has 0 spiro atoms. The highest BCUT2D eigenvalue weighted by atomic mass is 16.2. The number of hydrogen-bond acceptors (Lipinski definition) is 5. The minimum absolute atomic E-state index is 0.176. The molecule has 0 saturated carbocycles. The van der Waals surface area contributed by atoms with Gasteiger partial charge in [0.2, 0.25) is 23.6 Å². The van der Waals surface area contributed by atoms with Crippen molar-refractivity contribution < 1.29 is 19.2 Å². The van der Waals surface area contributed by atoms with Crippen LogP contribution in [0.15, 0.2) is 42.5 Å². The normalized spacial score (nSPS) is 31.6. The minimum atomic E-state index is -0.355. The second-order valence-corrected chi connectivity index (χ2v) is 7.69. The smallest absolute Gasteiger partial charge is 0.239 e. The van der Waals surface area contributed by atoms with Gasteiger partial charge in [-0.1, -0.05) is 30.4 Å². The molecule has 142 valence electrons. The predicted molar refractivity (Wildman–Crippen MR) is 99.9 cm³/mol. The highest BCUT2D eigenvalue weighted by Crippen LogP contribution is 2.39. The maximum Gasteiger partial charge on any atom is 0.239 e. The Balaban J connectivity index is 1.48. The van der Waals surface area contributed by atoms with Crippen LogP contribution in [0.5, 0.6) is 0 Å². The lowest BCUT2D eigenvalue weighted by atomic mass is 9.85. The number of nitrogens with zero attached hydrogens (tertiary/aromatic N) is 3. The predicted octanol–water partition coefficient (Wildman–Crippen LogP) is 1.99. The zero-order valence-electron chi connectivity index (χ0n) is 15.2. The number of rotatable bonds is 2. The van der Waals surface area contributed by atoms with Crippen molar-refractivity contribution in [3.8, 4) is 0 Å². The average molecular weight is 377 g/mol. The van der Waals surface area contributed by atoms with Gasteiger partial charge in [-0.2, -0.15) is 0 Å². The van der Waals surface area contributed by atoms with Crippen molar-refractivity contribution in [2.24, 2.45) is 23.7 Å². The fourth-order valence-electron chi connectivity index (χ4n) is 4.71. The van der Waals surface area contributed by atoms with Crippen LogP contribution >= 0.6 is 0 Å². The zero-order valence-corrected chi connectivity index (χ0v) is 15.2. The van der Waals surface area contributed by atoms with E-state index in [9.17, 15) is 19.2 Å². The van der Waals surface area contributed by atoms with Gasteiger partial charge in [0.1, 0.15) is 11.6 Å². The number of allylic oxidation sites excluding steroid dienone is 4. The first-order valence-electron chi connectivity index (χ1n) is 9.60. The molecule has 4 atom stereocenters. The molecule has 3 heterocycles. The Kier molecular flexibility index (Phi) is 3.79. The Morgan fingerprint density at radius 3 is 1.25 bits per heavy atom. The van der Waals surface area contributed by atoms with E-state index in [0.717, 1.165) is 9.80 Å². The SMILES string of the molecule is O=C1[C@H]2CC=CC[C@@H]2C(=O)N1c1cccc(N2C(=O)[C@H]3CC=CC[C@H]3C2=O)n1. The van der Waals surface area contributed by atoms with Crippen molar-refractivity contribution in [2.75, 3.05) is 9.80 Å². The standard InChI is InChI=1S/C21H19N3O4/c25-18-12-6-1-2-7-13(12)19(26)23(18)16-10-5-11-17(22-16)24-20(27)14-8-3-4-9-15(14)21(24)28/h1-5,10-15H,6-9H2/t12-,13-,14-,15+/m0/s1. The van der Waals surface area contributed by atoms with Crippen LogP contribution in [0.2, 0.25) is 0 Å². The van der Waals surface area contributed by atoms with Gasteiger partial charge in [0, 0.05) is 0 Å². The van der Waals surface area contributed by atoms with Gasteiger partial charge in [-0.15, -0.1) is 0 Å². The number of amides is 4. The molecule has 28 heavy (non-hydrogen) atoms. The second-order valence-electron chi connectivity index (χ2n) is 7.69. The van der Waals surface area contributed by atoms with E-state index in [1.807, 2.05) is 24.3 Å². The molecule has 2 aliphatic heterocycles. The van der Waals surface area contributed by atoms with Crippen LogP contribution in [0.3, 0.4) is 0 Å². The fourth-order valence-corrected chi connectivity index (χ4v) is 4.71. The van der Waals surface area contributed by atoms with Crippen molar-refractivity contribution in [2.45, 2.75) is 25.7 Å². The molecule has 7 nitrogen and oxygen atoms in total. The monoisotopic (exact) mass is 377 g/mol. The van der Waals surface area contributed by atoms with Crippen LogP contribution in [0.1, 0.15) is 25.7 Å². The van der Waals surface area contributed by atoms with Gasteiger partial charge in [-0.05, 0) is 37.8 Å². The molecule has 1 aromatic rings. The van der Waals surface area contributed by atoms with Crippen LogP contribution in [0.25, 0.3) is 0 Å². The average Bonchev–Trinajstić information content (AvgIpc) is 3.13. The molecule has 4 aliphatic rings. The van der Waals surface area contributed by atoms with E-state index >= 15 is 0 Å². The Hall–Kier alpha value is -3.09. The quantitative estimate of drug-likeness (QED) is 0.581. The Morgan fingerprint density at radius 1 is 0.607 bits per heavy atom. The lowest BCUT2D eigenvalue weighted by Crippen LogP contribution is -2.34. The first-order chi connectivity index (χ1) is 13.6. The number of fused-ring (bicyclic) bond motifs is 2. The molecule has 0 aromatic carbocycles. The van der Waals surface area contributed by atoms with Crippen LogP contribution in [-0.4, -0.2) is 28.6 Å². The fraction of sp³-hybridized carbons (Fsp3) is 0.381. The highest BCUT2D eigenvalue weighted by molar-refractivity contribution is 6.23. The summed E-state index contributed by atoms with van der Waals surface area (Å²) >= 11 is 0. The minimum Gasteiger partial charge on any atom is -0.274 e. The van der Waals surface area contributed by atoms with Crippen LogP contribution in [0, 0.1) is 23.7 Å². The first-order valence-corrected chi connectivity index (χ1v) is 9.60. The summed E-state index contributed by atoms with van der Waals surface area (Å²) < 4.78 is 0. The molecule has 0 unspecified atom stereocenters. The summed E-state index contributed by atoms with van der Waals surface area (Å²) in [4.78, 5) is 57.8. The molecule has 2 fully saturated rings. The topological polar surface area (TPSA) is 87.7 Å². The third-order valence-electron chi connectivity index (χ3n) is 6.19. The summed E-state index contributed by atoms with van der Waals surface area (Å²) in [6, 6.07) is 4.77. The van der Waals surface area contributed by atoms with Gasteiger partial charge in [-0.25, -0.2) is 14.8 Å². The Morgan fingerprint density at radius 2 is 0.929 bits per heavy atom. The molecule has 2 saturated heterocycles. The third-order valence-corrected chi connectivity index (χ3v) is 6.19. The van der Waals surface area contributed by atoms with Gasteiger partial charge >= 0.3 is 0 Å². The van der Waals surface area contributed by atoms with Gasteiger partial charge < -0.3 is 0 Å².